The average molecular weight is 361 g/mol. The summed E-state index contributed by atoms with van der Waals surface area (Å²) in [5.74, 6) is -0.0811. The van der Waals surface area contributed by atoms with Gasteiger partial charge in [-0.3, -0.25) is 4.79 Å². The van der Waals surface area contributed by atoms with Gasteiger partial charge in [-0.15, -0.1) is 0 Å². The number of methoxy groups -OCH3 is 1. The van der Waals surface area contributed by atoms with Crippen LogP contribution in [-0.4, -0.2) is 47.2 Å². The van der Waals surface area contributed by atoms with Gasteiger partial charge < -0.3 is 19.5 Å². The topological polar surface area (TPSA) is 76.1 Å². The summed E-state index contributed by atoms with van der Waals surface area (Å²) in [4.78, 5) is 26.3. The molecule has 1 aromatic carbocycles. The van der Waals surface area contributed by atoms with Crippen LogP contribution in [0.1, 0.15) is 44.6 Å². The van der Waals surface area contributed by atoms with Crippen molar-refractivity contribution < 1.29 is 24.2 Å². The molecule has 0 radical (unpaired) electrons. The molecule has 1 aliphatic heterocycles. The molecule has 142 valence electrons. The predicted molar refractivity (Wildman–Crippen MR) is 95.9 cm³/mol. The van der Waals surface area contributed by atoms with E-state index in [1.54, 1.807) is 18.9 Å². The lowest BCUT2D eigenvalue weighted by Crippen LogP contribution is -2.50. The van der Waals surface area contributed by atoms with Crippen LogP contribution in [0.25, 0.3) is 0 Å². The Balaban J connectivity index is 1.66. The number of rotatable bonds is 6. The maximum absolute atomic E-state index is 13.0. The fraction of sp³-hybridized carbons (Fsp3) is 0.600. The number of benzene rings is 1. The van der Waals surface area contributed by atoms with Gasteiger partial charge in [0.15, 0.2) is 0 Å². The second-order valence-electron chi connectivity index (χ2n) is 7.25. The first-order valence-electron chi connectivity index (χ1n) is 9.30. The Labute approximate surface area is 154 Å². The van der Waals surface area contributed by atoms with Gasteiger partial charge in [0, 0.05) is 6.04 Å². The van der Waals surface area contributed by atoms with E-state index in [1.165, 1.54) is 0 Å². The maximum Gasteiger partial charge on any atom is 0.326 e. The van der Waals surface area contributed by atoms with Crippen LogP contribution in [0.3, 0.4) is 0 Å². The van der Waals surface area contributed by atoms with E-state index in [1.807, 2.05) is 24.3 Å². The summed E-state index contributed by atoms with van der Waals surface area (Å²) in [5.41, 5.74) is 0.913. The highest BCUT2D eigenvalue weighted by molar-refractivity contribution is 5.87. The van der Waals surface area contributed by atoms with Crippen molar-refractivity contribution >= 4 is 11.9 Å². The molecular formula is C20H27NO5. The van der Waals surface area contributed by atoms with Crippen LogP contribution in [0, 0.1) is 5.92 Å². The third kappa shape index (κ3) is 3.85. The van der Waals surface area contributed by atoms with Crippen molar-refractivity contribution in [3.8, 4) is 5.75 Å². The average Bonchev–Trinajstić information content (AvgIpc) is 3.05. The Morgan fingerprint density at radius 3 is 2.81 bits per heavy atom. The SMILES string of the molecule is COc1cccc(COC(C)C(=O)N2C(C(=O)O)CC3CCCCC32)c1. The Kier molecular flexibility index (Phi) is 5.81. The number of carboxylic acids is 1. The molecule has 1 heterocycles. The van der Waals surface area contributed by atoms with E-state index in [4.69, 9.17) is 9.47 Å². The monoisotopic (exact) mass is 361 g/mol. The molecule has 2 aliphatic rings. The minimum absolute atomic E-state index is 0.0419. The van der Waals surface area contributed by atoms with Gasteiger partial charge in [0.1, 0.15) is 17.9 Å². The Hall–Kier alpha value is -2.08. The van der Waals surface area contributed by atoms with Crippen molar-refractivity contribution in [2.45, 2.75) is 63.8 Å². The molecular weight excluding hydrogens is 334 g/mol. The Bertz CT molecular complexity index is 661. The highest BCUT2D eigenvalue weighted by Gasteiger charge is 2.48. The largest absolute Gasteiger partial charge is 0.497 e. The Morgan fingerprint density at radius 2 is 2.08 bits per heavy atom. The molecule has 6 heteroatoms. The fourth-order valence-electron chi connectivity index (χ4n) is 4.26. The lowest BCUT2D eigenvalue weighted by molar-refractivity contribution is -0.156. The zero-order chi connectivity index (χ0) is 18.7. The second-order valence-corrected chi connectivity index (χ2v) is 7.25. The summed E-state index contributed by atoms with van der Waals surface area (Å²) in [6.45, 7) is 1.99. The zero-order valence-corrected chi connectivity index (χ0v) is 15.4. The van der Waals surface area contributed by atoms with E-state index < -0.39 is 18.1 Å². The Morgan fingerprint density at radius 1 is 1.31 bits per heavy atom. The summed E-state index contributed by atoms with van der Waals surface area (Å²) < 4.78 is 11.0. The first-order chi connectivity index (χ1) is 12.5. The molecule has 4 unspecified atom stereocenters. The molecule has 4 atom stereocenters. The van der Waals surface area contributed by atoms with E-state index in [-0.39, 0.29) is 18.6 Å². The number of hydrogen-bond acceptors (Lipinski definition) is 4. The third-order valence-electron chi connectivity index (χ3n) is 5.61. The van der Waals surface area contributed by atoms with Crippen LogP contribution < -0.4 is 4.74 Å². The van der Waals surface area contributed by atoms with Crippen LogP contribution in [0.2, 0.25) is 0 Å². The van der Waals surface area contributed by atoms with E-state index in [0.29, 0.717) is 12.3 Å². The van der Waals surface area contributed by atoms with Gasteiger partial charge >= 0.3 is 5.97 Å². The number of carbonyl (C=O) groups is 2. The number of likely N-dealkylation sites (tertiary alicyclic amines) is 1. The number of carbonyl (C=O) groups excluding carboxylic acids is 1. The first kappa shape index (κ1) is 18.7. The lowest BCUT2D eigenvalue weighted by atomic mass is 9.84. The normalized spacial score (nSPS) is 26.2. The van der Waals surface area contributed by atoms with Crippen LogP contribution >= 0.6 is 0 Å². The van der Waals surface area contributed by atoms with E-state index >= 15 is 0 Å². The molecule has 1 saturated heterocycles. The molecule has 3 rings (SSSR count). The molecule has 1 aliphatic carbocycles. The number of aliphatic carboxylic acids is 1. The number of amides is 1. The first-order valence-corrected chi connectivity index (χ1v) is 9.30. The highest BCUT2D eigenvalue weighted by Crippen LogP contribution is 2.40. The number of nitrogens with zero attached hydrogens (tertiary/aromatic N) is 1. The standard InChI is InChI=1S/C20H27NO5/c1-13(26-12-14-6-5-8-16(10-14)25-2)19(22)21-17-9-4-3-7-15(17)11-18(21)20(23)24/h5-6,8,10,13,15,17-18H,3-4,7,9,11-12H2,1-2H3,(H,23,24). The van der Waals surface area contributed by atoms with Crippen LogP contribution in [0.4, 0.5) is 0 Å². The van der Waals surface area contributed by atoms with Crippen LogP contribution in [0.15, 0.2) is 24.3 Å². The summed E-state index contributed by atoms with van der Waals surface area (Å²) in [5, 5.41) is 9.58. The molecule has 0 bridgehead atoms. The summed E-state index contributed by atoms with van der Waals surface area (Å²) >= 11 is 0. The third-order valence-corrected chi connectivity index (χ3v) is 5.61. The quantitative estimate of drug-likeness (QED) is 0.843. The molecule has 1 saturated carbocycles. The minimum Gasteiger partial charge on any atom is -0.497 e. The van der Waals surface area contributed by atoms with Crippen molar-refractivity contribution in [3.05, 3.63) is 29.8 Å². The second kappa shape index (κ2) is 8.08. The summed E-state index contributed by atoms with van der Waals surface area (Å²) in [6.07, 6.45) is 3.96. The van der Waals surface area contributed by atoms with Gasteiger partial charge in [0.25, 0.3) is 5.91 Å². The van der Waals surface area contributed by atoms with Gasteiger partial charge in [0.2, 0.25) is 0 Å². The lowest BCUT2D eigenvalue weighted by Gasteiger charge is -2.34. The highest BCUT2D eigenvalue weighted by atomic mass is 16.5. The molecule has 1 amide bonds. The molecule has 1 aromatic rings. The predicted octanol–water partition coefficient (Wildman–Crippen LogP) is 2.84. The number of fused-ring (bicyclic) bond motifs is 1. The summed E-state index contributed by atoms with van der Waals surface area (Å²) in [7, 11) is 1.60. The molecule has 0 aromatic heterocycles. The maximum atomic E-state index is 13.0. The molecule has 1 N–H and O–H groups in total. The minimum atomic E-state index is -0.909. The van der Waals surface area contributed by atoms with Gasteiger partial charge in [-0.2, -0.15) is 0 Å². The molecule has 0 spiro atoms. The van der Waals surface area contributed by atoms with Gasteiger partial charge in [0.05, 0.1) is 13.7 Å². The smallest absolute Gasteiger partial charge is 0.326 e. The zero-order valence-electron chi connectivity index (χ0n) is 15.4. The van der Waals surface area contributed by atoms with E-state index in [0.717, 1.165) is 37.0 Å². The number of hydrogen-bond donors (Lipinski definition) is 1. The van der Waals surface area contributed by atoms with E-state index in [2.05, 4.69) is 0 Å². The van der Waals surface area contributed by atoms with Gasteiger partial charge in [-0.1, -0.05) is 25.0 Å². The van der Waals surface area contributed by atoms with Gasteiger partial charge in [-0.25, -0.2) is 4.79 Å². The molecule has 6 nitrogen and oxygen atoms in total. The van der Waals surface area contributed by atoms with Crippen molar-refractivity contribution in [1.82, 2.24) is 4.90 Å². The molecule has 2 fully saturated rings. The number of carboxylic acid groups (broad SMARTS) is 1. The van der Waals surface area contributed by atoms with Crippen molar-refractivity contribution in [3.63, 3.8) is 0 Å². The summed E-state index contributed by atoms with van der Waals surface area (Å²) in [6, 6.07) is 6.82. The molecule has 26 heavy (non-hydrogen) atoms. The van der Waals surface area contributed by atoms with Crippen molar-refractivity contribution in [2.24, 2.45) is 5.92 Å². The van der Waals surface area contributed by atoms with Crippen molar-refractivity contribution in [1.29, 1.82) is 0 Å². The van der Waals surface area contributed by atoms with Gasteiger partial charge in [-0.05, 0) is 49.8 Å². The van der Waals surface area contributed by atoms with E-state index in [9.17, 15) is 14.7 Å². The van der Waals surface area contributed by atoms with Crippen LogP contribution in [-0.2, 0) is 20.9 Å². The van der Waals surface area contributed by atoms with Crippen LogP contribution in [0.5, 0.6) is 5.75 Å². The fourth-order valence-corrected chi connectivity index (χ4v) is 4.26. The number of ether oxygens (including phenoxy) is 2. The van der Waals surface area contributed by atoms with Crippen molar-refractivity contribution in [2.75, 3.05) is 7.11 Å².